The van der Waals surface area contributed by atoms with Crippen LogP contribution in [0.1, 0.15) is 12.1 Å². The van der Waals surface area contributed by atoms with Gasteiger partial charge in [0.25, 0.3) is 0 Å². The summed E-state index contributed by atoms with van der Waals surface area (Å²) in [6.07, 6.45) is 3.82. The number of fused-ring (bicyclic) bond motifs is 3. The van der Waals surface area contributed by atoms with Crippen LogP contribution in [-0.2, 0) is 6.42 Å². The predicted molar refractivity (Wildman–Crippen MR) is 66.2 cm³/mol. The maximum atomic E-state index is 5.65. The largest absolute Gasteiger partial charge is 0.325 e. The summed E-state index contributed by atoms with van der Waals surface area (Å²) in [4.78, 5) is 9.09. The van der Waals surface area contributed by atoms with E-state index < -0.39 is 0 Å². The zero-order chi connectivity index (χ0) is 11.0. The molecule has 3 rings (SSSR count). The Balaban J connectivity index is 2.30. The third-order valence-electron chi connectivity index (χ3n) is 3.00. The minimum Gasteiger partial charge on any atom is -0.325 e. The third kappa shape index (κ3) is 1.41. The maximum Gasteiger partial charge on any atom is 0.0923 e. The molecule has 1 aliphatic heterocycles. The molecular weight excluding hydrogens is 198 g/mol. The average molecular weight is 211 g/mol. The fourth-order valence-corrected chi connectivity index (χ4v) is 2.12. The number of hydrogen-bond acceptors (Lipinski definition) is 3. The summed E-state index contributed by atoms with van der Waals surface area (Å²) in [5, 5.41) is 2.32. The number of aromatic nitrogens is 1. The Morgan fingerprint density at radius 3 is 2.94 bits per heavy atom. The van der Waals surface area contributed by atoms with Crippen molar-refractivity contribution in [3.8, 4) is 0 Å². The summed E-state index contributed by atoms with van der Waals surface area (Å²) in [7, 11) is 0. The normalized spacial score (nSPS) is 14.7. The molecule has 1 aliphatic rings. The van der Waals surface area contributed by atoms with E-state index in [1.807, 2.05) is 18.3 Å². The van der Waals surface area contributed by atoms with E-state index in [9.17, 15) is 0 Å². The minimum atomic E-state index is 0.544. The van der Waals surface area contributed by atoms with Crippen LogP contribution in [0.15, 0.2) is 35.5 Å². The molecular formula is C13H13N3. The molecule has 0 radical (unpaired) electrons. The van der Waals surface area contributed by atoms with Gasteiger partial charge in [0, 0.05) is 29.2 Å². The van der Waals surface area contributed by atoms with Crippen LogP contribution in [0.4, 0.5) is 5.69 Å². The van der Waals surface area contributed by atoms with Gasteiger partial charge >= 0.3 is 0 Å². The fraction of sp³-hybridized carbons (Fsp3) is 0.231. The van der Waals surface area contributed by atoms with Gasteiger partial charge in [-0.05, 0) is 12.8 Å². The number of hydrogen-bond donors (Lipinski definition) is 1. The molecule has 2 heterocycles. The van der Waals surface area contributed by atoms with Gasteiger partial charge in [-0.25, -0.2) is 0 Å². The van der Waals surface area contributed by atoms with E-state index in [0.717, 1.165) is 35.3 Å². The zero-order valence-corrected chi connectivity index (χ0v) is 8.98. The highest BCUT2D eigenvalue weighted by atomic mass is 14.8. The zero-order valence-electron chi connectivity index (χ0n) is 8.98. The summed E-state index contributed by atoms with van der Waals surface area (Å²) in [6, 6.07) is 8.22. The molecule has 1 aromatic carbocycles. The summed E-state index contributed by atoms with van der Waals surface area (Å²) < 4.78 is 0. The average Bonchev–Trinajstić information content (AvgIpc) is 2.38. The molecule has 1 aromatic heterocycles. The van der Waals surface area contributed by atoms with E-state index in [4.69, 9.17) is 5.73 Å². The van der Waals surface area contributed by atoms with Gasteiger partial charge in [-0.1, -0.05) is 24.3 Å². The molecule has 0 amide bonds. The summed E-state index contributed by atoms with van der Waals surface area (Å²) in [6.45, 7) is 0.544. The summed E-state index contributed by atoms with van der Waals surface area (Å²) in [5.74, 6) is 0. The van der Waals surface area contributed by atoms with Gasteiger partial charge in [0.1, 0.15) is 0 Å². The third-order valence-corrected chi connectivity index (χ3v) is 3.00. The molecule has 3 heteroatoms. The SMILES string of the molecule is NCC1=Nc2c(ncc3ccccc23)CC1. The van der Waals surface area contributed by atoms with Gasteiger partial charge < -0.3 is 5.73 Å². The molecule has 0 bridgehead atoms. The van der Waals surface area contributed by atoms with E-state index >= 15 is 0 Å². The van der Waals surface area contributed by atoms with Gasteiger partial charge in [0.15, 0.2) is 0 Å². The second-order valence-electron chi connectivity index (χ2n) is 4.02. The Kier molecular flexibility index (Phi) is 2.18. The molecule has 3 nitrogen and oxygen atoms in total. The second kappa shape index (κ2) is 3.68. The van der Waals surface area contributed by atoms with Crippen molar-refractivity contribution in [2.75, 3.05) is 6.54 Å². The first-order chi connectivity index (χ1) is 7.88. The molecule has 0 spiro atoms. The molecule has 0 fully saturated rings. The molecule has 0 atom stereocenters. The smallest absolute Gasteiger partial charge is 0.0923 e. The van der Waals surface area contributed by atoms with Crippen LogP contribution >= 0.6 is 0 Å². The van der Waals surface area contributed by atoms with Crippen molar-refractivity contribution in [1.29, 1.82) is 0 Å². The first-order valence-electron chi connectivity index (χ1n) is 5.51. The van der Waals surface area contributed by atoms with Crippen molar-refractivity contribution in [2.24, 2.45) is 10.7 Å². The van der Waals surface area contributed by atoms with Gasteiger partial charge in [0.2, 0.25) is 0 Å². The molecule has 16 heavy (non-hydrogen) atoms. The van der Waals surface area contributed by atoms with Crippen molar-refractivity contribution in [3.63, 3.8) is 0 Å². The van der Waals surface area contributed by atoms with Crippen molar-refractivity contribution in [3.05, 3.63) is 36.2 Å². The lowest BCUT2D eigenvalue weighted by molar-refractivity contribution is 0.936. The number of pyridine rings is 1. The summed E-state index contributed by atoms with van der Waals surface area (Å²) in [5.41, 5.74) is 8.84. The lowest BCUT2D eigenvalue weighted by Gasteiger charge is -2.15. The number of aryl methyl sites for hydroxylation is 1. The van der Waals surface area contributed by atoms with Crippen LogP contribution in [0.3, 0.4) is 0 Å². The first kappa shape index (κ1) is 9.48. The van der Waals surface area contributed by atoms with Crippen LogP contribution in [0.25, 0.3) is 10.8 Å². The van der Waals surface area contributed by atoms with Crippen molar-refractivity contribution < 1.29 is 0 Å². The van der Waals surface area contributed by atoms with Gasteiger partial charge in [-0.3, -0.25) is 9.98 Å². The summed E-state index contributed by atoms with van der Waals surface area (Å²) >= 11 is 0. The van der Waals surface area contributed by atoms with Crippen LogP contribution in [-0.4, -0.2) is 17.2 Å². The Morgan fingerprint density at radius 1 is 1.19 bits per heavy atom. The number of benzene rings is 1. The fourth-order valence-electron chi connectivity index (χ4n) is 2.12. The van der Waals surface area contributed by atoms with Crippen LogP contribution < -0.4 is 5.73 Å². The van der Waals surface area contributed by atoms with Gasteiger partial charge in [-0.15, -0.1) is 0 Å². The topological polar surface area (TPSA) is 51.3 Å². The Morgan fingerprint density at radius 2 is 2.06 bits per heavy atom. The van der Waals surface area contributed by atoms with E-state index in [1.165, 1.54) is 5.39 Å². The monoisotopic (exact) mass is 211 g/mol. The van der Waals surface area contributed by atoms with E-state index in [-0.39, 0.29) is 0 Å². The Labute approximate surface area is 94.0 Å². The first-order valence-corrected chi connectivity index (χ1v) is 5.51. The second-order valence-corrected chi connectivity index (χ2v) is 4.02. The predicted octanol–water partition coefficient (Wildman–Crippen LogP) is 2.21. The molecule has 2 aromatic rings. The number of rotatable bonds is 1. The Bertz CT molecular complexity index is 572. The van der Waals surface area contributed by atoms with Gasteiger partial charge in [0.05, 0.1) is 11.4 Å². The van der Waals surface area contributed by atoms with Crippen molar-refractivity contribution >= 4 is 22.2 Å². The highest BCUT2D eigenvalue weighted by molar-refractivity contribution is 5.99. The van der Waals surface area contributed by atoms with E-state index in [0.29, 0.717) is 6.54 Å². The van der Waals surface area contributed by atoms with Gasteiger partial charge in [-0.2, -0.15) is 0 Å². The number of nitrogens with zero attached hydrogens (tertiary/aromatic N) is 2. The number of aliphatic imine (C=N–C) groups is 1. The standard InChI is InChI=1S/C13H13N3/c14-7-10-5-6-12-13(16-10)11-4-2-1-3-9(11)8-15-12/h1-4,8H,5-7,14H2. The van der Waals surface area contributed by atoms with Crippen LogP contribution in [0.2, 0.25) is 0 Å². The van der Waals surface area contributed by atoms with Crippen molar-refractivity contribution in [2.45, 2.75) is 12.8 Å². The quantitative estimate of drug-likeness (QED) is 0.786. The molecule has 0 saturated carbocycles. The molecule has 0 saturated heterocycles. The molecule has 80 valence electrons. The molecule has 0 aliphatic carbocycles. The highest BCUT2D eigenvalue weighted by Gasteiger charge is 2.14. The minimum absolute atomic E-state index is 0.544. The molecule has 0 unspecified atom stereocenters. The highest BCUT2D eigenvalue weighted by Crippen LogP contribution is 2.32. The van der Waals surface area contributed by atoms with E-state index in [2.05, 4.69) is 22.1 Å². The number of nitrogens with two attached hydrogens (primary N) is 1. The Hall–Kier alpha value is -1.74. The van der Waals surface area contributed by atoms with Crippen LogP contribution in [0, 0.1) is 0 Å². The maximum absolute atomic E-state index is 5.65. The van der Waals surface area contributed by atoms with E-state index in [1.54, 1.807) is 0 Å². The van der Waals surface area contributed by atoms with Crippen molar-refractivity contribution in [1.82, 2.24) is 4.98 Å². The lowest BCUT2D eigenvalue weighted by atomic mass is 10.0. The molecule has 2 N–H and O–H groups in total. The lowest BCUT2D eigenvalue weighted by Crippen LogP contribution is -2.17. The van der Waals surface area contributed by atoms with Crippen LogP contribution in [0.5, 0.6) is 0 Å².